The van der Waals surface area contributed by atoms with Gasteiger partial charge in [-0.25, -0.2) is 4.98 Å². The van der Waals surface area contributed by atoms with Crippen molar-refractivity contribution in [3.63, 3.8) is 0 Å². The van der Waals surface area contributed by atoms with Gasteiger partial charge in [-0.3, -0.25) is 33.6 Å². The Hall–Kier alpha value is -4.86. The van der Waals surface area contributed by atoms with Crippen LogP contribution in [0.3, 0.4) is 0 Å². The lowest BCUT2D eigenvalue weighted by atomic mass is 9.98. The highest BCUT2D eigenvalue weighted by Gasteiger charge is 2.39. The Bertz CT molecular complexity index is 1710. The standard InChI is InChI=1S/C38H54N8O7S/c1-22(2)16-29-35(51)43-27(19-26-18-25-12-11-14-39-36(25)54-26)33(49)42-24(5)37(52)45(7)28-13-9-8-10-15-46(38(28)53)30(17-23(3)4)34(50)41-20-31(47)40-21-32(48)44(29)6/h8-9,11-12,14,18,22-24,27-30H,10,13,15-17,19-21H2,1-7H3,(H,40,47)(H,41,50)(H,42,49)(H,43,51). The van der Waals surface area contributed by atoms with E-state index < -0.39 is 84.6 Å². The molecule has 0 radical (unpaired) electrons. The lowest BCUT2D eigenvalue weighted by Gasteiger charge is -2.38. The number of thiophene rings is 1. The fraction of sp³-hybridized carbons (Fsp3) is 0.579. The molecule has 0 spiro atoms. The molecule has 4 rings (SSSR count). The van der Waals surface area contributed by atoms with Crippen LogP contribution in [0.5, 0.6) is 0 Å². The van der Waals surface area contributed by atoms with Crippen molar-refractivity contribution >= 4 is 62.9 Å². The van der Waals surface area contributed by atoms with Crippen LogP contribution in [0, 0.1) is 11.8 Å². The van der Waals surface area contributed by atoms with Gasteiger partial charge in [0.1, 0.15) is 35.0 Å². The average Bonchev–Trinajstić information content (AvgIpc) is 3.53. The minimum Gasteiger partial charge on any atom is -0.345 e. The summed E-state index contributed by atoms with van der Waals surface area (Å²) in [4.78, 5) is 106. The smallest absolute Gasteiger partial charge is 0.246 e. The molecule has 16 heteroatoms. The zero-order valence-electron chi connectivity index (χ0n) is 32.2. The van der Waals surface area contributed by atoms with E-state index in [-0.39, 0.29) is 37.6 Å². The first kappa shape index (κ1) is 41.9. The molecular weight excluding hydrogens is 713 g/mol. The largest absolute Gasteiger partial charge is 0.345 e. The van der Waals surface area contributed by atoms with Gasteiger partial charge in [-0.05, 0) is 56.6 Å². The second-order valence-electron chi connectivity index (χ2n) is 14.9. The van der Waals surface area contributed by atoms with Crippen LogP contribution in [0.2, 0.25) is 0 Å². The SMILES string of the molecule is CC(C)CC1C(=O)NC(Cc2cc3cccnc3s2)C(=O)NC(C)C(=O)N(C)C2CC=CCCN(C2=O)C(CC(C)C)C(=O)NCC(=O)NCC(=O)N1C. The van der Waals surface area contributed by atoms with Crippen molar-refractivity contribution in [2.75, 3.05) is 33.7 Å². The first-order chi connectivity index (χ1) is 25.6. The number of aromatic nitrogens is 1. The van der Waals surface area contributed by atoms with Gasteiger partial charge in [0.15, 0.2) is 0 Å². The second-order valence-corrected chi connectivity index (χ2v) is 16.0. The Morgan fingerprint density at radius 3 is 2.22 bits per heavy atom. The third kappa shape index (κ3) is 10.9. The zero-order chi connectivity index (χ0) is 39.7. The van der Waals surface area contributed by atoms with E-state index >= 15 is 0 Å². The Balaban J connectivity index is 1.72. The molecule has 294 valence electrons. The van der Waals surface area contributed by atoms with E-state index in [9.17, 15) is 33.6 Å². The highest BCUT2D eigenvalue weighted by Crippen LogP contribution is 2.25. The first-order valence-corrected chi connectivity index (χ1v) is 19.3. The van der Waals surface area contributed by atoms with Gasteiger partial charge in [0.05, 0.1) is 13.1 Å². The van der Waals surface area contributed by atoms with Crippen LogP contribution >= 0.6 is 11.3 Å². The average molecular weight is 767 g/mol. The maximum atomic E-state index is 14.2. The molecule has 5 atom stereocenters. The van der Waals surface area contributed by atoms with Crippen LogP contribution in [0.1, 0.15) is 65.2 Å². The van der Waals surface area contributed by atoms with Crippen LogP contribution in [0.25, 0.3) is 10.2 Å². The molecule has 15 nitrogen and oxygen atoms in total. The number of nitrogens with one attached hydrogen (secondary N) is 4. The van der Waals surface area contributed by atoms with Crippen LogP contribution in [-0.2, 0) is 40.0 Å². The summed E-state index contributed by atoms with van der Waals surface area (Å²) < 4.78 is 0. The summed E-state index contributed by atoms with van der Waals surface area (Å²) >= 11 is 1.38. The number of likely N-dealkylation sites (N-methyl/N-ethyl adjacent to an activating group) is 2. The summed E-state index contributed by atoms with van der Waals surface area (Å²) in [7, 11) is 2.95. The number of hydrogen-bond donors (Lipinski definition) is 4. The third-order valence-electron chi connectivity index (χ3n) is 9.65. The van der Waals surface area contributed by atoms with Crippen LogP contribution < -0.4 is 21.3 Å². The molecule has 4 N–H and O–H groups in total. The third-order valence-corrected chi connectivity index (χ3v) is 10.7. The molecule has 0 aliphatic carbocycles. The number of carbonyl (C=O) groups excluding carboxylic acids is 7. The molecule has 5 unspecified atom stereocenters. The number of nitrogens with zero attached hydrogens (tertiary/aromatic N) is 4. The summed E-state index contributed by atoms with van der Waals surface area (Å²) in [6.07, 6.45) is 6.71. The van der Waals surface area contributed by atoms with Gasteiger partial charge >= 0.3 is 0 Å². The van der Waals surface area contributed by atoms with Crippen LogP contribution in [0.15, 0.2) is 36.5 Å². The van der Waals surface area contributed by atoms with Crippen LogP contribution in [-0.4, -0.2) is 125 Å². The molecule has 2 aromatic heterocycles. The van der Waals surface area contributed by atoms with Gasteiger partial charge in [0.2, 0.25) is 41.4 Å². The van der Waals surface area contributed by atoms with Crippen molar-refractivity contribution < 1.29 is 33.6 Å². The molecule has 2 aromatic rings. The Morgan fingerprint density at radius 2 is 1.54 bits per heavy atom. The van der Waals surface area contributed by atoms with Gasteiger partial charge in [0.25, 0.3) is 0 Å². The van der Waals surface area contributed by atoms with E-state index in [4.69, 9.17) is 0 Å². The van der Waals surface area contributed by atoms with Crippen molar-refractivity contribution in [1.82, 2.24) is 41.0 Å². The van der Waals surface area contributed by atoms with Crippen molar-refractivity contribution in [3.8, 4) is 0 Å². The lowest BCUT2D eigenvalue weighted by Crippen LogP contribution is -2.60. The Labute approximate surface area is 320 Å². The number of pyridine rings is 1. The van der Waals surface area contributed by atoms with Crippen LogP contribution in [0.4, 0.5) is 0 Å². The second kappa shape index (κ2) is 18.9. The summed E-state index contributed by atoms with van der Waals surface area (Å²) in [5.74, 6) is -3.91. The van der Waals surface area contributed by atoms with Crippen molar-refractivity contribution in [1.29, 1.82) is 0 Å². The monoisotopic (exact) mass is 766 g/mol. The maximum absolute atomic E-state index is 14.2. The number of rotatable bonds is 6. The van der Waals surface area contributed by atoms with Crippen molar-refractivity contribution in [2.24, 2.45) is 11.8 Å². The minimum atomic E-state index is -1.14. The minimum absolute atomic E-state index is 0.00548. The normalized spacial score (nSPS) is 24.9. The van der Waals surface area contributed by atoms with E-state index in [0.717, 1.165) is 15.1 Å². The van der Waals surface area contributed by atoms with Gasteiger partial charge < -0.3 is 36.0 Å². The van der Waals surface area contributed by atoms with Gasteiger partial charge in [-0.15, -0.1) is 11.3 Å². The fourth-order valence-electron chi connectivity index (χ4n) is 6.66. The molecule has 2 bridgehead atoms. The molecule has 0 saturated carbocycles. The highest BCUT2D eigenvalue weighted by atomic mass is 32.1. The molecule has 0 aromatic carbocycles. The van der Waals surface area contributed by atoms with Crippen molar-refractivity contribution in [3.05, 3.63) is 41.4 Å². The highest BCUT2D eigenvalue weighted by molar-refractivity contribution is 7.18. The summed E-state index contributed by atoms with van der Waals surface area (Å²) in [5.41, 5.74) is 0. The molecule has 1 fully saturated rings. The molecule has 7 amide bonds. The summed E-state index contributed by atoms with van der Waals surface area (Å²) in [5, 5.41) is 11.6. The number of amides is 7. The summed E-state index contributed by atoms with van der Waals surface area (Å²) in [6.45, 7) is 8.49. The number of carbonyl (C=O) groups is 7. The van der Waals surface area contributed by atoms with E-state index in [0.29, 0.717) is 12.8 Å². The summed E-state index contributed by atoms with van der Waals surface area (Å²) in [6, 6.07) is 0.449. The molecule has 1 saturated heterocycles. The predicted octanol–water partition coefficient (Wildman–Crippen LogP) is 1.37. The topological polar surface area (TPSA) is 190 Å². The zero-order valence-corrected chi connectivity index (χ0v) is 33.0. The first-order valence-electron chi connectivity index (χ1n) is 18.5. The Kier molecular flexibility index (Phi) is 14.7. The van der Waals surface area contributed by atoms with Gasteiger partial charge in [-0.1, -0.05) is 45.9 Å². The quantitative estimate of drug-likeness (QED) is 0.317. The Morgan fingerprint density at radius 1 is 0.833 bits per heavy atom. The number of fused-ring (bicyclic) bond motifs is 3. The maximum Gasteiger partial charge on any atom is 0.246 e. The molecule has 2 aliphatic rings. The van der Waals surface area contributed by atoms with E-state index in [1.807, 2.05) is 52.0 Å². The number of hydrogen-bond acceptors (Lipinski definition) is 9. The van der Waals surface area contributed by atoms with Gasteiger partial charge in [0, 0.05) is 43.5 Å². The molecule has 2 aliphatic heterocycles. The van der Waals surface area contributed by atoms with Gasteiger partial charge in [-0.2, -0.15) is 0 Å². The molecule has 4 heterocycles. The van der Waals surface area contributed by atoms with Crippen molar-refractivity contribution in [2.45, 2.75) is 96.9 Å². The van der Waals surface area contributed by atoms with E-state index in [1.165, 1.54) is 47.1 Å². The van der Waals surface area contributed by atoms with E-state index in [1.54, 1.807) is 12.3 Å². The lowest BCUT2D eigenvalue weighted by molar-refractivity contribution is -0.150. The molecular formula is C38H54N8O7S. The molecule has 54 heavy (non-hydrogen) atoms. The van der Waals surface area contributed by atoms with E-state index in [2.05, 4.69) is 26.3 Å². The predicted molar refractivity (Wildman–Crippen MR) is 205 cm³/mol. The fourth-order valence-corrected chi connectivity index (χ4v) is 7.70.